The molecule has 0 aromatic heterocycles. The van der Waals surface area contributed by atoms with Gasteiger partial charge in [-0.15, -0.1) is 0 Å². The Balaban J connectivity index is 2.10. The molecule has 1 amide bonds. The molecule has 0 unspecified atom stereocenters. The zero-order valence-electron chi connectivity index (χ0n) is 12.6. The molecule has 0 aromatic carbocycles. The van der Waals surface area contributed by atoms with Gasteiger partial charge in [0.15, 0.2) is 0 Å². The molecule has 1 fully saturated rings. The first-order chi connectivity index (χ1) is 9.17. The van der Waals surface area contributed by atoms with Crippen LogP contribution in [0.3, 0.4) is 0 Å². The van der Waals surface area contributed by atoms with Gasteiger partial charge < -0.3 is 20.3 Å². The fourth-order valence-electron chi connectivity index (χ4n) is 2.24. The van der Waals surface area contributed by atoms with Crippen LogP contribution in [0.2, 0.25) is 0 Å². The van der Waals surface area contributed by atoms with Crippen molar-refractivity contribution in [2.45, 2.75) is 45.8 Å². The maximum atomic E-state index is 11.9. The SMILES string of the molecule is CCN(CC)CCN[C@H](C)C(=O)NC[C@H]1CCCO1. The van der Waals surface area contributed by atoms with Gasteiger partial charge in [-0.05, 0) is 32.9 Å². The molecule has 1 aliphatic heterocycles. The summed E-state index contributed by atoms with van der Waals surface area (Å²) < 4.78 is 5.48. The number of amides is 1. The van der Waals surface area contributed by atoms with E-state index < -0.39 is 0 Å². The largest absolute Gasteiger partial charge is 0.376 e. The Morgan fingerprint density at radius 3 is 2.74 bits per heavy atom. The molecule has 112 valence electrons. The number of hydrogen-bond acceptors (Lipinski definition) is 4. The van der Waals surface area contributed by atoms with Crippen LogP contribution in [-0.4, -0.2) is 62.3 Å². The second kappa shape index (κ2) is 9.28. The molecule has 0 bridgehead atoms. The van der Waals surface area contributed by atoms with Gasteiger partial charge in [-0.25, -0.2) is 0 Å². The second-order valence-corrected chi connectivity index (χ2v) is 5.08. The normalized spacial score (nSPS) is 20.7. The van der Waals surface area contributed by atoms with Crippen molar-refractivity contribution in [1.29, 1.82) is 0 Å². The van der Waals surface area contributed by atoms with E-state index in [4.69, 9.17) is 4.74 Å². The number of nitrogens with zero attached hydrogens (tertiary/aromatic N) is 1. The van der Waals surface area contributed by atoms with Gasteiger partial charge in [0.05, 0.1) is 12.1 Å². The van der Waals surface area contributed by atoms with Crippen LogP contribution in [0.15, 0.2) is 0 Å². The quantitative estimate of drug-likeness (QED) is 0.645. The van der Waals surface area contributed by atoms with Crippen LogP contribution in [0.25, 0.3) is 0 Å². The summed E-state index contributed by atoms with van der Waals surface area (Å²) in [6, 6.07) is -0.142. The van der Waals surface area contributed by atoms with Crippen molar-refractivity contribution in [1.82, 2.24) is 15.5 Å². The number of carbonyl (C=O) groups is 1. The Kier molecular flexibility index (Phi) is 8.02. The van der Waals surface area contributed by atoms with Crippen LogP contribution >= 0.6 is 0 Å². The first kappa shape index (κ1) is 16.4. The van der Waals surface area contributed by atoms with E-state index in [2.05, 4.69) is 29.4 Å². The summed E-state index contributed by atoms with van der Waals surface area (Å²) in [6.07, 6.45) is 2.38. The molecule has 1 saturated heterocycles. The third kappa shape index (κ3) is 6.36. The van der Waals surface area contributed by atoms with E-state index in [0.717, 1.165) is 45.6 Å². The molecule has 0 aliphatic carbocycles. The fourth-order valence-corrected chi connectivity index (χ4v) is 2.24. The van der Waals surface area contributed by atoms with E-state index in [9.17, 15) is 4.79 Å². The first-order valence-electron chi connectivity index (χ1n) is 7.52. The fraction of sp³-hybridized carbons (Fsp3) is 0.929. The van der Waals surface area contributed by atoms with Gasteiger partial charge in [-0.3, -0.25) is 4.79 Å². The van der Waals surface area contributed by atoms with Crippen LogP contribution in [-0.2, 0) is 9.53 Å². The predicted molar refractivity (Wildman–Crippen MR) is 77.2 cm³/mol. The standard InChI is InChI=1S/C14H29N3O2/c1-4-17(5-2)9-8-15-12(3)14(18)16-11-13-7-6-10-19-13/h12-13,15H,4-11H2,1-3H3,(H,16,18)/t12-,13-/m1/s1. The van der Waals surface area contributed by atoms with Crippen molar-refractivity contribution in [2.24, 2.45) is 0 Å². The van der Waals surface area contributed by atoms with Crippen molar-refractivity contribution in [2.75, 3.05) is 39.3 Å². The maximum Gasteiger partial charge on any atom is 0.236 e. The van der Waals surface area contributed by atoms with E-state index in [-0.39, 0.29) is 18.1 Å². The Bertz CT molecular complexity index is 251. The summed E-state index contributed by atoms with van der Waals surface area (Å²) in [6.45, 7) is 11.6. The average molecular weight is 271 g/mol. The number of hydrogen-bond donors (Lipinski definition) is 2. The predicted octanol–water partition coefficient (Wildman–Crippen LogP) is 0.602. The molecule has 0 aromatic rings. The van der Waals surface area contributed by atoms with Crippen molar-refractivity contribution in [3.63, 3.8) is 0 Å². The molecule has 2 N–H and O–H groups in total. The highest BCUT2D eigenvalue weighted by atomic mass is 16.5. The summed E-state index contributed by atoms with van der Waals surface area (Å²) in [5.74, 6) is 0.0649. The molecular formula is C14H29N3O2. The molecule has 5 nitrogen and oxygen atoms in total. The molecular weight excluding hydrogens is 242 g/mol. The van der Waals surface area contributed by atoms with Gasteiger partial charge in [0.1, 0.15) is 0 Å². The Labute approximate surface area is 117 Å². The zero-order chi connectivity index (χ0) is 14.1. The number of rotatable bonds is 9. The lowest BCUT2D eigenvalue weighted by Gasteiger charge is -2.20. The maximum absolute atomic E-state index is 11.9. The van der Waals surface area contributed by atoms with Gasteiger partial charge in [0.25, 0.3) is 0 Å². The molecule has 1 rings (SSSR count). The summed E-state index contributed by atoms with van der Waals surface area (Å²) in [4.78, 5) is 14.2. The summed E-state index contributed by atoms with van der Waals surface area (Å²) >= 11 is 0. The number of nitrogens with one attached hydrogen (secondary N) is 2. The smallest absolute Gasteiger partial charge is 0.236 e. The van der Waals surface area contributed by atoms with Crippen LogP contribution in [0.4, 0.5) is 0 Å². The lowest BCUT2D eigenvalue weighted by Crippen LogP contribution is -2.46. The minimum Gasteiger partial charge on any atom is -0.376 e. The Morgan fingerprint density at radius 2 is 2.16 bits per heavy atom. The van der Waals surface area contributed by atoms with Crippen molar-refractivity contribution in [3.8, 4) is 0 Å². The van der Waals surface area contributed by atoms with Crippen molar-refractivity contribution >= 4 is 5.91 Å². The molecule has 2 atom stereocenters. The number of carbonyl (C=O) groups excluding carboxylic acids is 1. The van der Waals surface area contributed by atoms with Crippen LogP contribution in [0.1, 0.15) is 33.6 Å². The van der Waals surface area contributed by atoms with E-state index in [0.29, 0.717) is 6.54 Å². The molecule has 1 heterocycles. The third-order valence-electron chi connectivity index (χ3n) is 3.69. The summed E-state index contributed by atoms with van der Waals surface area (Å²) in [7, 11) is 0. The summed E-state index contributed by atoms with van der Waals surface area (Å²) in [5, 5.41) is 6.21. The highest BCUT2D eigenvalue weighted by molar-refractivity contribution is 5.81. The monoisotopic (exact) mass is 271 g/mol. The molecule has 5 heteroatoms. The van der Waals surface area contributed by atoms with Gasteiger partial charge in [-0.1, -0.05) is 13.8 Å². The van der Waals surface area contributed by atoms with Gasteiger partial charge >= 0.3 is 0 Å². The van der Waals surface area contributed by atoms with E-state index in [1.54, 1.807) is 0 Å². The zero-order valence-corrected chi connectivity index (χ0v) is 12.6. The number of ether oxygens (including phenoxy) is 1. The minimum absolute atomic E-state index is 0.0649. The third-order valence-corrected chi connectivity index (χ3v) is 3.69. The number of likely N-dealkylation sites (N-methyl/N-ethyl adjacent to an activating group) is 1. The van der Waals surface area contributed by atoms with Crippen LogP contribution in [0, 0.1) is 0 Å². The Morgan fingerprint density at radius 1 is 1.42 bits per heavy atom. The van der Waals surface area contributed by atoms with E-state index in [1.807, 2.05) is 6.92 Å². The molecule has 19 heavy (non-hydrogen) atoms. The molecule has 1 aliphatic rings. The van der Waals surface area contributed by atoms with E-state index in [1.165, 1.54) is 0 Å². The van der Waals surface area contributed by atoms with Crippen LogP contribution in [0.5, 0.6) is 0 Å². The van der Waals surface area contributed by atoms with Gasteiger partial charge in [-0.2, -0.15) is 0 Å². The average Bonchev–Trinajstić information content (AvgIpc) is 2.94. The molecule has 0 saturated carbocycles. The lowest BCUT2D eigenvalue weighted by atomic mass is 10.2. The summed E-state index contributed by atoms with van der Waals surface area (Å²) in [5.41, 5.74) is 0. The van der Waals surface area contributed by atoms with E-state index >= 15 is 0 Å². The highest BCUT2D eigenvalue weighted by Crippen LogP contribution is 2.10. The van der Waals surface area contributed by atoms with Gasteiger partial charge in [0, 0.05) is 26.2 Å². The van der Waals surface area contributed by atoms with Crippen LogP contribution < -0.4 is 10.6 Å². The second-order valence-electron chi connectivity index (χ2n) is 5.08. The van der Waals surface area contributed by atoms with Gasteiger partial charge in [0.2, 0.25) is 5.91 Å². The minimum atomic E-state index is -0.142. The topological polar surface area (TPSA) is 53.6 Å². The lowest BCUT2D eigenvalue weighted by molar-refractivity contribution is -0.123. The molecule has 0 spiro atoms. The molecule has 0 radical (unpaired) electrons. The van der Waals surface area contributed by atoms with Crippen molar-refractivity contribution in [3.05, 3.63) is 0 Å². The highest BCUT2D eigenvalue weighted by Gasteiger charge is 2.18. The van der Waals surface area contributed by atoms with Crippen molar-refractivity contribution < 1.29 is 9.53 Å². The Hall–Kier alpha value is -0.650. The first-order valence-corrected chi connectivity index (χ1v) is 7.52.